The maximum atomic E-state index is 11.5. The molecule has 2 aromatic carbocycles. The van der Waals surface area contributed by atoms with E-state index < -0.39 is 0 Å². The van der Waals surface area contributed by atoms with Crippen LogP contribution in [0.3, 0.4) is 0 Å². The second-order valence-electron chi connectivity index (χ2n) is 8.39. The van der Waals surface area contributed by atoms with E-state index in [4.69, 9.17) is 9.72 Å². The fourth-order valence-corrected chi connectivity index (χ4v) is 4.34. The lowest BCUT2D eigenvalue weighted by Gasteiger charge is -2.21. The number of nitrogens with zero attached hydrogens (tertiary/aromatic N) is 3. The number of fused-ring (bicyclic) bond motifs is 2. The second-order valence-corrected chi connectivity index (χ2v) is 8.39. The maximum absolute atomic E-state index is 11.5. The molecule has 0 radical (unpaired) electrons. The Kier molecular flexibility index (Phi) is 6.14. The van der Waals surface area contributed by atoms with Gasteiger partial charge in [0.05, 0.1) is 16.7 Å². The molecule has 32 heavy (non-hydrogen) atoms. The molecule has 0 saturated carbocycles. The summed E-state index contributed by atoms with van der Waals surface area (Å²) in [5, 5.41) is 2.20. The van der Waals surface area contributed by atoms with Crippen LogP contribution in [-0.2, 0) is 6.54 Å². The number of para-hydroxylation sites is 1. The van der Waals surface area contributed by atoms with Gasteiger partial charge in [0.1, 0.15) is 12.4 Å². The highest BCUT2D eigenvalue weighted by molar-refractivity contribution is 5.79. The molecule has 3 heterocycles. The number of H-pyrrole nitrogens is 1. The number of aromatic nitrogens is 2. The predicted octanol–water partition coefficient (Wildman–Crippen LogP) is 3.66. The van der Waals surface area contributed by atoms with Crippen LogP contribution in [0.25, 0.3) is 21.8 Å². The first-order chi connectivity index (χ1) is 15.7. The van der Waals surface area contributed by atoms with Crippen LogP contribution in [0.15, 0.2) is 71.5 Å². The van der Waals surface area contributed by atoms with Crippen LogP contribution >= 0.6 is 0 Å². The van der Waals surface area contributed by atoms with E-state index in [1.807, 2.05) is 30.3 Å². The first-order valence-electron chi connectivity index (χ1n) is 11.3. The summed E-state index contributed by atoms with van der Waals surface area (Å²) in [5.74, 6) is 0.790. The van der Waals surface area contributed by atoms with Crippen molar-refractivity contribution >= 4 is 21.8 Å². The molecule has 5 rings (SSSR count). The van der Waals surface area contributed by atoms with Crippen molar-refractivity contribution in [2.45, 2.75) is 13.0 Å². The van der Waals surface area contributed by atoms with E-state index in [0.29, 0.717) is 6.61 Å². The lowest BCUT2D eigenvalue weighted by Crippen LogP contribution is -2.33. The van der Waals surface area contributed by atoms with Gasteiger partial charge in [-0.1, -0.05) is 24.3 Å². The lowest BCUT2D eigenvalue weighted by atomic mass is 10.2. The topological polar surface area (TPSA) is 61.5 Å². The molecule has 0 unspecified atom stereocenters. The van der Waals surface area contributed by atoms with Crippen molar-refractivity contribution in [3.8, 4) is 5.75 Å². The Hall–Kier alpha value is -3.22. The summed E-state index contributed by atoms with van der Waals surface area (Å²) in [7, 11) is 0. The smallest absolute Gasteiger partial charge is 0.248 e. The zero-order chi connectivity index (χ0) is 21.8. The van der Waals surface area contributed by atoms with Crippen molar-refractivity contribution in [1.82, 2.24) is 19.8 Å². The normalized spacial score (nSPS) is 15.8. The number of pyridine rings is 2. The molecule has 1 aliphatic heterocycles. The summed E-state index contributed by atoms with van der Waals surface area (Å²) in [4.78, 5) is 24.2. The van der Waals surface area contributed by atoms with Gasteiger partial charge in [-0.2, -0.15) is 0 Å². The first kappa shape index (κ1) is 20.7. The van der Waals surface area contributed by atoms with Gasteiger partial charge in [0, 0.05) is 43.7 Å². The molecule has 0 amide bonds. The molecule has 1 saturated heterocycles. The number of hydrogen-bond acceptors (Lipinski definition) is 5. The van der Waals surface area contributed by atoms with Crippen LogP contribution in [0.5, 0.6) is 5.75 Å². The molecular formula is C26H28N4O2. The van der Waals surface area contributed by atoms with Crippen molar-refractivity contribution in [2.75, 3.05) is 39.3 Å². The third kappa shape index (κ3) is 4.98. The van der Waals surface area contributed by atoms with Crippen LogP contribution in [0.4, 0.5) is 0 Å². The average molecular weight is 429 g/mol. The van der Waals surface area contributed by atoms with Crippen molar-refractivity contribution in [2.24, 2.45) is 0 Å². The van der Waals surface area contributed by atoms with Crippen molar-refractivity contribution in [3.05, 3.63) is 82.8 Å². The molecule has 164 valence electrons. The number of benzene rings is 2. The number of hydrogen-bond donors (Lipinski definition) is 1. The van der Waals surface area contributed by atoms with Gasteiger partial charge in [0.25, 0.3) is 0 Å². The minimum absolute atomic E-state index is 0.0948. The van der Waals surface area contributed by atoms with Crippen molar-refractivity contribution in [1.29, 1.82) is 0 Å². The lowest BCUT2D eigenvalue weighted by molar-refractivity contribution is 0.207. The molecule has 6 nitrogen and oxygen atoms in total. The minimum atomic E-state index is -0.0948. The van der Waals surface area contributed by atoms with Gasteiger partial charge < -0.3 is 9.72 Å². The highest BCUT2D eigenvalue weighted by atomic mass is 16.5. The third-order valence-corrected chi connectivity index (χ3v) is 6.10. The Balaban J connectivity index is 1.12. The monoisotopic (exact) mass is 428 g/mol. The fraction of sp³-hybridized carbons (Fsp3) is 0.308. The Morgan fingerprint density at radius 2 is 1.69 bits per heavy atom. The van der Waals surface area contributed by atoms with Crippen molar-refractivity contribution in [3.63, 3.8) is 0 Å². The van der Waals surface area contributed by atoms with Crippen LogP contribution in [0, 0.1) is 0 Å². The third-order valence-electron chi connectivity index (χ3n) is 6.10. The Labute approximate surface area is 187 Å². The fourth-order valence-electron chi connectivity index (χ4n) is 4.34. The Bertz CT molecular complexity index is 1270. The summed E-state index contributed by atoms with van der Waals surface area (Å²) in [6, 6.07) is 21.8. The van der Waals surface area contributed by atoms with Crippen LogP contribution in [-0.4, -0.2) is 59.1 Å². The molecule has 1 fully saturated rings. The molecule has 0 bridgehead atoms. The highest BCUT2D eigenvalue weighted by Gasteiger charge is 2.15. The molecule has 4 aromatic rings. The van der Waals surface area contributed by atoms with E-state index in [9.17, 15) is 4.79 Å². The predicted molar refractivity (Wildman–Crippen MR) is 128 cm³/mol. The standard InChI is InChI=1S/C26H28N4O2/c31-26-11-8-21-7-10-23(18-25(21)28-26)32-17-16-29-12-3-13-30(15-14-29)19-22-9-6-20-4-1-2-5-24(20)27-22/h1-2,4-11,18H,3,12-17,19H2,(H,28,31). The van der Waals surface area contributed by atoms with Gasteiger partial charge in [-0.05, 0) is 55.2 Å². The van der Waals surface area contributed by atoms with Gasteiger partial charge in [0.15, 0.2) is 0 Å². The molecule has 2 aromatic heterocycles. The quantitative estimate of drug-likeness (QED) is 0.508. The second kappa shape index (κ2) is 9.51. The Morgan fingerprint density at radius 1 is 0.875 bits per heavy atom. The summed E-state index contributed by atoms with van der Waals surface area (Å²) in [6.45, 7) is 6.65. The number of nitrogens with one attached hydrogen (secondary N) is 1. The largest absolute Gasteiger partial charge is 0.492 e. The van der Waals surface area contributed by atoms with E-state index in [0.717, 1.165) is 73.6 Å². The molecule has 0 spiro atoms. The summed E-state index contributed by atoms with van der Waals surface area (Å²) in [6.07, 6.45) is 1.14. The molecular weight excluding hydrogens is 400 g/mol. The van der Waals surface area contributed by atoms with Gasteiger partial charge >= 0.3 is 0 Å². The van der Waals surface area contributed by atoms with Gasteiger partial charge in [-0.3, -0.25) is 19.6 Å². The van der Waals surface area contributed by atoms with E-state index in [1.54, 1.807) is 6.07 Å². The maximum Gasteiger partial charge on any atom is 0.248 e. The van der Waals surface area contributed by atoms with Crippen LogP contribution in [0.1, 0.15) is 12.1 Å². The molecule has 1 N–H and O–H groups in total. The number of ether oxygens (including phenoxy) is 1. The van der Waals surface area contributed by atoms with Gasteiger partial charge in [-0.15, -0.1) is 0 Å². The van der Waals surface area contributed by atoms with E-state index >= 15 is 0 Å². The zero-order valence-electron chi connectivity index (χ0n) is 18.2. The van der Waals surface area contributed by atoms with E-state index in [-0.39, 0.29) is 5.56 Å². The Morgan fingerprint density at radius 3 is 2.66 bits per heavy atom. The van der Waals surface area contributed by atoms with Gasteiger partial charge in [0.2, 0.25) is 5.56 Å². The molecule has 0 aliphatic carbocycles. The zero-order valence-corrected chi connectivity index (χ0v) is 18.2. The summed E-state index contributed by atoms with van der Waals surface area (Å²) < 4.78 is 5.97. The highest BCUT2D eigenvalue weighted by Crippen LogP contribution is 2.18. The molecule has 1 aliphatic rings. The van der Waals surface area contributed by atoms with Gasteiger partial charge in [-0.25, -0.2) is 0 Å². The van der Waals surface area contributed by atoms with Crippen molar-refractivity contribution < 1.29 is 4.74 Å². The van der Waals surface area contributed by atoms with Crippen LogP contribution in [0.2, 0.25) is 0 Å². The first-order valence-corrected chi connectivity index (χ1v) is 11.3. The number of rotatable bonds is 6. The van der Waals surface area contributed by atoms with E-state index in [1.165, 1.54) is 5.39 Å². The van der Waals surface area contributed by atoms with Crippen LogP contribution < -0.4 is 10.3 Å². The van der Waals surface area contributed by atoms with E-state index in [2.05, 4.69) is 45.1 Å². The SMILES string of the molecule is O=c1ccc2ccc(OCCN3CCCN(Cc4ccc5ccccc5n4)CC3)cc2[nH]1. The summed E-state index contributed by atoms with van der Waals surface area (Å²) >= 11 is 0. The minimum Gasteiger partial charge on any atom is -0.492 e. The molecule has 6 heteroatoms. The number of aromatic amines is 1. The average Bonchev–Trinajstić information content (AvgIpc) is 3.04. The molecule has 0 atom stereocenters. The summed E-state index contributed by atoms with van der Waals surface area (Å²) in [5.41, 5.74) is 2.91.